The second kappa shape index (κ2) is 7.23. The molecule has 1 aromatic heterocycles. The molecule has 0 radical (unpaired) electrons. The van der Waals surface area contributed by atoms with Crippen LogP contribution in [0.25, 0.3) is 0 Å². The van der Waals surface area contributed by atoms with Crippen LogP contribution in [0.15, 0.2) is 6.07 Å². The lowest BCUT2D eigenvalue weighted by molar-refractivity contribution is 0.0548. The van der Waals surface area contributed by atoms with E-state index < -0.39 is 0 Å². The molecule has 6 nitrogen and oxygen atoms in total. The van der Waals surface area contributed by atoms with Crippen molar-refractivity contribution in [1.82, 2.24) is 19.6 Å². The maximum Gasteiger partial charge on any atom is 0.274 e. The zero-order valence-electron chi connectivity index (χ0n) is 15.9. The largest absolute Gasteiger partial charge is 0.392 e. The fourth-order valence-electron chi connectivity index (χ4n) is 3.12. The maximum atomic E-state index is 12.8. The number of aliphatic hydroxyl groups excluding tert-OH is 1. The number of nitrogens with zero attached hydrogens (tertiary/aromatic N) is 4. The summed E-state index contributed by atoms with van der Waals surface area (Å²) in [5.41, 5.74) is 1.49. The minimum Gasteiger partial charge on any atom is -0.392 e. The first-order valence-corrected chi connectivity index (χ1v) is 8.89. The highest BCUT2D eigenvalue weighted by molar-refractivity contribution is 5.92. The highest BCUT2D eigenvalue weighted by Gasteiger charge is 2.28. The van der Waals surface area contributed by atoms with Crippen LogP contribution in [-0.2, 0) is 5.54 Å². The molecule has 0 spiro atoms. The van der Waals surface area contributed by atoms with Crippen LogP contribution in [-0.4, -0.2) is 69.4 Å². The molecule has 0 aromatic carbocycles. The summed E-state index contributed by atoms with van der Waals surface area (Å²) in [6.07, 6.45) is -0.330. The molecule has 136 valence electrons. The number of aliphatic hydroxyl groups is 1. The minimum atomic E-state index is -0.330. The summed E-state index contributed by atoms with van der Waals surface area (Å²) in [5, 5.41) is 14.1. The average Bonchev–Trinajstić information content (AvgIpc) is 2.92. The van der Waals surface area contributed by atoms with E-state index in [9.17, 15) is 9.90 Å². The number of hydrogen-bond donors (Lipinski definition) is 1. The van der Waals surface area contributed by atoms with Gasteiger partial charge in [0, 0.05) is 38.4 Å². The topological polar surface area (TPSA) is 61.6 Å². The molecule has 1 fully saturated rings. The predicted molar refractivity (Wildman–Crippen MR) is 95.3 cm³/mol. The summed E-state index contributed by atoms with van der Waals surface area (Å²) < 4.78 is 1.98. The molecule has 0 aliphatic carbocycles. The molecule has 2 heterocycles. The summed E-state index contributed by atoms with van der Waals surface area (Å²) in [6, 6.07) is 1.94. The van der Waals surface area contributed by atoms with Crippen LogP contribution in [0.3, 0.4) is 0 Å². The van der Waals surface area contributed by atoms with Crippen LogP contribution >= 0.6 is 0 Å². The molecule has 1 aliphatic heterocycles. The Balaban J connectivity index is 2.11. The number of carbonyl (C=O) groups is 1. The minimum absolute atomic E-state index is 0.0107. The van der Waals surface area contributed by atoms with Crippen molar-refractivity contribution in [2.24, 2.45) is 0 Å². The highest BCUT2D eigenvalue weighted by atomic mass is 16.3. The molecule has 1 saturated heterocycles. The Bertz CT molecular complexity index is 564. The van der Waals surface area contributed by atoms with Gasteiger partial charge in [-0.05, 0) is 39.7 Å². The Morgan fingerprint density at radius 1 is 1.21 bits per heavy atom. The van der Waals surface area contributed by atoms with Crippen LogP contribution in [0.4, 0.5) is 0 Å². The first kappa shape index (κ1) is 18.9. The van der Waals surface area contributed by atoms with Crippen molar-refractivity contribution in [3.63, 3.8) is 0 Å². The van der Waals surface area contributed by atoms with Gasteiger partial charge in [0.2, 0.25) is 0 Å². The van der Waals surface area contributed by atoms with E-state index in [0.717, 1.165) is 18.8 Å². The van der Waals surface area contributed by atoms with E-state index in [1.165, 1.54) is 0 Å². The predicted octanol–water partition coefficient (Wildman–Crippen LogP) is 1.90. The Hall–Kier alpha value is -1.40. The van der Waals surface area contributed by atoms with Crippen molar-refractivity contribution in [3.05, 3.63) is 17.5 Å². The van der Waals surface area contributed by atoms with Gasteiger partial charge >= 0.3 is 0 Å². The molecular formula is C18H32N4O2. The lowest BCUT2D eigenvalue weighted by Crippen LogP contribution is -2.50. The molecule has 6 heteroatoms. The Kier molecular flexibility index (Phi) is 5.71. The zero-order valence-corrected chi connectivity index (χ0v) is 15.9. The van der Waals surface area contributed by atoms with Gasteiger partial charge in [-0.2, -0.15) is 5.10 Å². The number of amides is 1. The SMILES string of the molecule is CC(C)c1cc(C(=O)N2CCN(C[C@H](C)O)CC2)nn1C(C)(C)C. The van der Waals surface area contributed by atoms with Crippen LogP contribution in [0.5, 0.6) is 0 Å². The highest BCUT2D eigenvalue weighted by Crippen LogP contribution is 2.24. The van der Waals surface area contributed by atoms with Crippen molar-refractivity contribution in [2.75, 3.05) is 32.7 Å². The Morgan fingerprint density at radius 3 is 2.21 bits per heavy atom. The van der Waals surface area contributed by atoms with E-state index >= 15 is 0 Å². The summed E-state index contributed by atoms with van der Waals surface area (Å²) in [4.78, 5) is 16.9. The Morgan fingerprint density at radius 2 is 1.79 bits per heavy atom. The molecule has 1 aromatic rings. The quantitative estimate of drug-likeness (QED) is 0.912. The van der Waals surface area contributed by atoms with Gasteiger partial charge in [0.15, 0.2) is 5.69 Å². The fourth-order valence-corrected chi connectivity index (χ4v) is 3.12. The van der Waals surface area contributed by atoms with Crippen LogP contribution in [0.1, 0.15) is 63.6 Å². The number of carbonyl (C=O) groups excluding carboxylic acids is 1. The van der Waals surface area contributed by atoms with Crippen molar-refractivity contribution < 1.29 is 9.90 Å². The monoisotopic (exact) mass is 336 g/mol. The second-order valence-corrected chi connectivity index (χ2v) is 8.13. The maximum absolute atomic E-state index is 12.8. The van der Waals surface area contributed by atoms with Gasteiger partial charge in [0.25, 0.3) is 5.91 Å². The summed E-state index contributed by atoms with van der Waals surface area (Å²) >= 11 is 0. The van der Waals surface area contributed by atoms with E-state index in [1.54, 1.807) is 6.92 Å². The standard InChI is InChI=1S/C18H32N4O2/c1-13(2)16-11-15(19-22(16)18(4,5)6)17(24)21-9-7-20(8-10-21)12-14(3)23/h11,13-14,23H,7-10,12H2,1-6H3/t14-/m0/s1. The first-order chi connectivity index (χ1) is 11.1. The van der Waals surface area contributed by atoms with Gasteiger partial charge in [-0.1, -0.05) is 13.8 Å². The normalized spacial score (nSPS) is 18.2. The third-order valence-corrected chi connectivity index (χ3v) is 4.36. The van der Waals surface area contributed by atoms with Gasteiger partial charge in [0.05, 0.1) is 11.6 Å². The number of β-amino-alcohol motifs (C(OH)–C–C–N with tert-alkyl or cyclic N) is 1. The molecule has 1 amide bonds. The van der Waals surface area contributed by atoms with Gasteiger partial charge in [-0.15, -0.1) is 0 Å². The first-order valence-electron chi connectivity index (χ1n) is 8.89. The van der Waals surface area contributed by atoms with E-state index in [-0.39, 0.29) is 17.6 Å². The summed E-state index contributed by atoms with van der Waals surface area (Å²) in [5.74, 6) is 0.331. The molecule has 2 rings (SSSR count). The van der Waals surface area contributed by atoms with E-state index in [4.69, 9.17) is 0 Å². The van der Waals surface area contributed by atoms with Crippen LogP contribution in [0.2, 0.25) is 0 Å². The van der Waals surface area contributed by atoms with Gasteiger partial charge < -0.3 is 10.0 Å². The van der Waals surface area contributed by atoms with E-state index in [0.29, 0.717) is 31.2 Å². The van der Waals surface area contributed by atoms with Gasteiger partial charge in [0.1, 0.15) is 0 Å². The smallest absolute Gasteiger partial charge is 0.274 e. The second-order valence-electron chi connectivity index (χ2n) is 8.13. The Labute approximate surface area is 145 Å². The third kappa shape index (κ3) is 4.36. The van der Waals surface area contributed by atoms with Crippen LogP contribution < -0.4 is 0 Å². The lowest BCUT2D eigenvalue weighted by Gasteiger charge is -2.34. The fraction of sp³-hybridized carbons (Fsp3) is 0.778. The summed E-state index contributed by atoms with van der Waals surface area (Å²) in [7, 11) is 0. The van der Waals surface area contributed by atoms with Gasteiger partial charge in [-0.3, -0.25) is 14.4 Å². The molecule has 1 aliphatic rings. The van der Waals surface area contributed by atoms with Gasteiger partial charge in [-0.25, -0.2) is 0 Å². The van der Waals surface area contributed by atoms with E-state index in [2.05, 4.69) is 44.6 Å². The lowest BCUT2D eigenvalue weighted by atomic mass is 10.1. The van der Waals surface area contributed by atoms with Crippen LogP contribution in [0, 0.1) is 0 Å². The van der Waals surface area contributed by atoms with Crippen molar-refractivity contribution in [2.45, 2.75) is 59.1 Å². The molecule has 1 atom stereocenters. The van der Waals surface area contributed by atoms with E-state index in [1.807, 2.05) is 15.6 Å². The summed E-state index contributed by atoms with van der Waals surface area (Å²) in [6.45, 7) is 16.0. The molecule has 0 bridgehead atoms. The molecular weight excluding hydrogens is 304 g/mol. The van der Waals surface area contributed by atoms with Crippen molar-refractivity contribution >= 4 is 5.91 Å². The number of aromatic nitrogens is 2. The third-order valence-electron chi connectivity index (χ3n) is 4.36. The zero-order chi connectivity index (χ0) is 18.1. The molecule has 24 heavy (non-hydrogen) atoms. The number of hydrogen-bond acceptors (Lipinski definition) is 4. The number of piperazine rings is 1. The van der Waals surface area contributed by atoms with Crippen molar-refractivity contribution in [1.29, 1.82) is 0 Å². The average molecular weight is 336 g/mol. The molecule has 0 unspecified atom stereocenters. The number of rotatable bonds is 4. The molecule has 1 N–H and O–H groups in total. The molecule has 0 saturated carbocycles. The van der Waals surface area contributed by atoms with Crippen molar-refractivity contribution in [3.8, 4) is 0 Å².